The van der Waals surface area contributed by atoms with Crippen molar-refractivity contribution in [3.05, 3.63) is 45.5 Å². The van der Waals surface area contributed by atoms with Crippen LogP contribution >= 0.6 is 0 Å². The molecule has 6 nitrogen and oxygen atoms in total. The van der Waals surface area contributed by atoms with Crippen LogP contribution in [-0.4, -0.2) is 17.5 Å². The molecule has 0 saturated carbocycles. The van der Waals surface area contributed by atoms with Crippen LogP contribution in [0.3, 0.4) is 0 Å². The maximum absolute atomic E-state index is 11.4. The molecule has 0 aliphatic rings. The highest BCUT2D eigenvalue weighted by molar-refractivity contribution is 5.90. The first-order valence-electron chi connectivity index (χ1n) is 5.12. The molecule has 0 fully saturated rings. The number of hydrogen-bond donors (Lipinski definition) is 0. The highest BCUT2D eigenvalue weighted by Gasteiger charge is 2.16. The van der Waals surface area contributed by atoms with Gasteiger partial charge in [-0.15, -0.1) is 0 Å². The minimum absolute atomic E-state index is 0.109. The van der Waals surface area contributed by atoms with E-state index in [0.717, 1.165) is 12.1 Å². The standard InChI is InChI=1S/C12H10N2O4/c1-2-18-12(15)10-6-5-9(4-3-7-13)11(8-10)14(16)17/h3-6,8H,2H2,1H3. The van der Waals surface area contributed by atoms with Crippen LogP contribution in [0.4, 0.5) is 5.69 Å². The first-order chi connectivity index (χ1) is 8.60. The Morgan fingerprint density at radius 2 is 2.33 bits per heavy atom. The lowest BCUT2D eigenvalue weighted by Gasteiger charge is -2.03. The number of nitrogens with zero attached hydrogens (tertiary/aromatic N) is 2. The Labute approximate surface area is 103 Å². The molecular formula is C12H10N2O4. The lowest BCUT2D eigenvalue weighted by Crippen LogP contribution is -2.05. The van der Waals surface area contributed by atoms with E-state index in [0.29, 0.717) is 0 Å². The van der Waals surface area contributed by atoms with Gasteiger partial charge in [-0.1, -0.05) is 0 Å². The average molecular weight is 246 g/mol. The summed E-state index contributed by atoms with van der Waals surface area (Å²) in [5.41, 5.74) is 0.124. The molecule has 1 aromatic carbocycles. The molecule has 1 aromatic rings. The fraction of sp³-hybridized carbons (Fsp3) is 0.167. The molecule has 0 amide bonds. The topological polar surface area (TPSA) is 93.2 Å². The summed E-state index contributed by atoms with van der Waals surface area (Å²) >= 11 is 0. The van der Waals surface area contributed by atoms with E-state index < -0.39 is 10.9 Å². The molecule has 0 N–H and O–H groups in total. The van der Waals surface area contributed by atoms with Crippen molar-refractivity contribution in [3.63, 3.8) is 0 Å². The Kier molecular flexibility index (Phi) is 4.58. The number of rotatable bonds is 4. The second-order valence-corrected chi connectivity index (χ2v) is 3.21. The van der Waals surface area contributed by atoms with Crippen molar-refractivity contribution in [2.75, 3.05) is 6.61 Å². The largest absolute Gasteiger partial charge is 0.462 e. The number of ether oxygens (including phenoxy) is 1. The van der Waals surface area contributed by atoms with Crippen molar-refractivity contribution in [2.45, 2.75) is 6.92 Å². The zero-order chi connectivity index (χ0) is 13.5. The maximum Gasteiger partial charge on any atom is 0.338 e. The van der Waals surface area contributed by atoms with Crippen molar-refractivity contribution in [2.24, 2.45) is 0 Å². The molecule has 6 heteroatoms. The van der Waals surface area contributed by atoms with E-state index in [4.69, 9.17) is 10.00 Å². The van der Waals surface area contributed by atoms with Gasteiger partial charge in [0, 0.05) is 12.1 Å². The number of nitro benzene ring substituents is 1. The van der Waals surface area contributed by atoms with E-state index in [1.54, 1.807) is 13.0 Å². The van der Waals surface area contributed by atoms with Crippen LogP contribution in [0, 0.1) is 21.4 Å². The summed E-state index contributed by atoms with van der Waals surface area (Å²) in [5, 5.41) is 19.2. The monoisotopic (exact) mass is 246 g/mol. The van der Waals surface area contributed by atoms with E-state index in [1.165, 1.54) is 18.2 Å². The van der Waals surface area contributed by atoms with Gasteiger partial charge in [0.1, 0.15) is 0 Å². The zero-order valence-electron chi connectivity index (χ0n) is 9.62. The van der Waals surface area contributed by atoms with Crippen LogP contribution in [0.25, 0.3) is 6.08 Å². The number of carbonyl (C=O) groups excluding carboxylic acids is 1. The maximum atomic E-state index is 11.4. The molecule has 0 aliphatic carbocycles. The third-order valence-electron chi connectivity index (χ3n) is 2.08. The number of hydrogen-bond acceptors (Lipinski definition) is 5. The lowest BCUT2D eigenvalue weighted by molar-refractivity contribution is -0.385. The van der Waals surface area contributed by atoms with E-state index in [-0.39, 0.29) is 23.4 Å². The third-order valence-corrected chi connectivity index (χ3v) is 2.08. The normalized spacial score (nSPS) is 10.0. The zero-order valence-corrected chi connectivity index (χ0v) is 9.62. The van der Waals surface area contributed by atoms with Crippen molar-refractivity contribution >= 4 is 17.7 Å². The molecule has 0 aliphatic heterocycles. The molecule has 0 atom stereocenters. The van der Waals surface area contributed by atoms with E-state index >= 15 is 0 Å². The molecule has 92 valence electrons. The highest BCUT2D eigenvalue weighted by atomic mass is 16.6. The molecule has 0 heterocycles. The van der Waals surface area contributed by atoms with E-state index in [1.807, 2.05) is 0 Å². The number of nitro groups is 1. The van der Waals surface area contributed by atoms with Crippen LogP contribution in [0.2, 0.25) is 0 Å². The van der Waals surface area contributed by atoms with Gasteiger partial charge in [-0.3, -0.25) is 10.1 Å². The summed E-state index contributed by atoms with van der Waals surface area (Å²) in [7, 11) is 0. The average Bonchev–Trinajstić information content (AvgIpc) is 2.36. The summed E-state index contributed by atoms with van der Waals surface area (Å²) < 4.78 is 4.75. The van der Waals surface area contributed by atoms with E-state index in [2.05, 4.69) is 0 Å². The summed E-state index contributed by atoms with van der Waals surface area (Å²) in [4.78, 5) is 21.7. The Hall–Kier alpha value is -2.68. The quantitative estimate of drug-likeness (QED) is 0.351. The number of esters is 1. The Morgan fingerprint density at radius 3 is 2.89 bits per heavy atom. The minimum Gasteiger partial charge on any atom is -0.462 e. The second kappa shape index (κ2) is 6.15. The molecule has 1 rings (SSSR count). The molecule has 18 heavy (non-hydrogen) atoms. The van der Waals surface area contributed by atoms with Crippen LogP contribution in [-0.2, 0) is 4.74 Å². The SMILES string of the molecule is CCOC(=O)c1ccc(C=CC#N)c([N+](=O)[O-])c1. The van der Waals surface area contributed by atoms with Crippen molar-refractivity contribution < 1.29 is 14.5 Å². The van der Waals surface area contributed by atoms with Crippen molar-refractivity contribution in [1.29, 1.82) is 5.26 Å². The van der Waals surface area contributed by atoms with Crippen molar-refractivity contribution in [1.82, 2.24) is 0 Å². The van der Waals surface area contributed by atoms with Gasteiger partial charge < -0.3 is 4.74 Å². The lowest BCUT2D eigenvalue weighted by atomic mass is 10.1. The molecule has 0 spiro atoms. The molecule has 0 aromatic heterocycles. The Morgan fingerprint density at radius 1 is 1.61 bits per heavy atom. The summed E-state index contributed by atoms with van der Waals surface area (Å²) in [6.45, 7) is 1.85. The Balaban J connectivity index is 3.20. The van der Waals surface area contributed by atoms with Crippen LogP contribution < -0.4 is 0 Å². The first kappa shape index (κ1) is 13.4. The van der Waals surface area contributed by atoms with Gasteiger partial charge in [0.05, 0.1) is 28.7 Å². The fourth-order valence-corrected chi connectivity index (χ4v) is 1.31. The van der Waals surface area contributed by atoms with Gasteiger partial charge in [0.2, 0.25) is 0 Å². The van der Waals surface area contributed by atoms with Crippen molar-refractivity contribution in [3.8, 4) is 6.07 Å². The predicted molar refractivity (Wildman–Crippen MR) is 63.7 cm³/mol. The van der Waals surface area contributed by atoms with Gasteiger partial charge in [0.15, 0.2) is 0 Å². The third kappa shape index (κ3) is 3.15. The number of nitriles is 1. The summed E-state index contributed by atoms with van der Waals surface area (Å²) in [5.74, 6) is -0.614. The van der Waals surface area contributed by atoms with Crippen LogP contribution in [0.15, 0.2) is 24.3 Å². The number of carbonyl (C=O) groups is 1. The number of benzene rings is 1. The molecule has 0 radical (unpaired) electrons. The first-order valence-corrected chi connectivity index (χ1v) is 5.12. The Bertz CT molecular complexity index is 543. The fourth-order valence-electron chi connectivity index (χ4n) is 1.31. The van der Waals surface area contributed by atoms with Gasteiger partial charge in [-0.25, -0.2) is 4.79 Å². The molecule has 0 unspecified atom stereocenters. The van der Waals surface area contributed by atoms with Gasteiger partial charge in [-0.2, -0.15) is 5.26 Å². The van der Waals surface area contributed by atoms with Gasteiger partial charge in [0.25, 0.3) is 5.69 Å². The van der Waals surface area contributed by atoms with E-state index in [9.17, 15) is 14.9 Å². The summed E-state index contributed by atoms with van der Waals surface area (Å²) in [6.07, 6.45) is 2.44. The smallest absolute Gasteiger partial charge is 0.338 e. The molecular weight excluding hydrogens is 236 g/mol. The highest BCUT2D eigenvalue weighted by Crippen LogP contribution is 2.22. The van der Waals surface area contributed by atoms with Gasteiger partial charge >= 0.3 is 5.97 Å². The minimum atomic E-state index is -0.614. The number of allylic oxidation sites excluding steroid dienone is 1. The molecule has 0 saturated heterocycles. The summed E-state index contributed by atoms with van der Waals surface area (Å²) in [6, 6.07) is 5.70. The molecule has 0 bridgehead atoms. The predicted octanol–water partition coefficient (Wildman–Crippen LogP) is 2.31. The van der Waals surface area contributed by atoms with Crippen LogP contribution in [0.1, 0.15) is 22.8 Å². The second-order valence-electron chi connectivity index (χ2n) is 3.21. The van der Waals surface area contributed by atoms with Crippen LogP contribution in [0.5, 0.6) is 0 Å². The van der Waals surface area contributed by atoms with Gasteiger partial charge in [-0.05, 0) is 25.1 Å².